The predicted octanol–water partition coefficient (Wildman–Crippen LogP) is 1.27. The van der Waals surface area contributed by atoms with E-state index >= 15 is 0 Å². The van der Waals surface area contributed by atoms with E-state index in [-0.39, 0.29) is 17.9 Å². The van der Waals surface area contributed by atoms with E-state index in [2.05, 4.69) is 12.2 Å². The molecule has 0 aromatic heterocycles. The van der Waals surface area contributed by atoms with Gasteiger partial charge in [0.2, 0.25) is 5.91 Å². The smallest absolute Gasteiger partial charge is 0.237 e. The maximum absolute atomic E-state index is 11.5. The molecular weight excluding hydrogens is 176 g/mol. The van der Waals surface area contributed by atoms with Crippen molar-refractivity contribution in [2.24, 2.45) is 17.6 Å². The molecule has 3 N–H and O–H groups in total. The maximum atomic E-state index is 11.5. The lowest BCUT2D eigenvalue weighted by Crippen LogP contribution is -2.45. The number of nitrogens with two attached hydrogens (primary N) is 1. The minimum absolute atomic E-state index is 0.0172. The minimum Gasteiger partial charge on any atom is -0.352 e. The van der Waals surface area contributed by atoms with Crippen molar-refractivity contribution in [2.45, 2.75) is 52.1 Å². The lowest BCUT2D eigenvalue weighted by atomic mass is 10.1. The molecule has 0 aliphatic heterocycles. The van der Waals surface area contributed by atoms with Crippen molar-refractivity contribution in [3.05, 3.63) is 0 Å². The number of carbonyl (C=O) groups excluding carboxylic acids is 1. The van der Waals surface area contributed by atoms with Gasteiger partial charge in [-0.05, 0) is 24.7 Å². The molecule has 14 heavy (non-hydrogen) atoms. The van der Waals surface area contributed by atoms with E-state index < -0.39 is 0 Å². The highest BCUT2D eigenvalue weighted by atomic mass is 16.2. The number of amides is 1. The molecule has 0 radical (unpaired) electrons. The SMILES string of the molecule is CCCC1CC1NC(=O)[C@H](N)C(C)C. The zero-order valence-corrected chi connectivity index (χ0v) is 9.42. The van der Waals surface area contributed by atoms with Crippen LogP contribution in [0.2, 0.25) is 0 Å². The molecule has 0 heterocycles. The molecule has 1 aliphatic rings. The summed E-state index contributed by atoms with van der Waals surface area (Å²) in [6.45, 7) is 6.12. The second kappa shape index (κ2) is 4.78. The summed E-state index contributed by atoms with van der Waals surface area (Å²) in [6, 6.07) is 0.0603. The highest BCUT2D eigenvalue weighted by molar-refractivity contribution is 5.82. The van der Waals surface area contributed by atoms with E-state index in [0.717, 1.165) is 6.42 Å². The topological polar surface area (TPSA) is 55.1 Å². The van der Waals surface area contributed by atoms with Crippen molar-refractivity contribution in [3.8, 4) is 0 Å². The molecule has 0 bridgehead atoms. The van der Waals surface area contributed by atoms with Crippen LogP contribution in [-0.2, 0) is 4.79 Å². The summed E-state index contributed by atoms with van der Waals surface area (Å²) in [4.78, 5) is 11.5. The van der Waals surface area contributed by atoms with Gasteiger partial charge >= 0.3 is 0 Å². The molecule has 3 nitrogen and oxygen atoms in total. The molecule has 2 unspecified atom stereocenters. The average molecular weight is 198 g/mol. The molecule has 1 saturated carbocycles. The molecule has 1 fully saturated rings. The Morgan fingerprint density at radius 1 is 1.57 bits per heavy atom. The molecule has 0 saturated heterocycles. The van der Waals surface area contributed by atoms with E-state index in [1.54, 1.807) is 0 Å². The quantitative estimate of drug-likeness (QED) is 0.699. The normalized spacial score (nSPS) is 27.5. The Hall–Kier alpha value is -0.570. The van der Waals surface area contributed by atoms with E-state index in [4.69, 9.17) is 5.73 Å². The Labute approximate surface area is 86.4 Å². The first kappa shape index (κ1) is 11.5. The Morgan fingerprint density at radius 3 is 2.71 bits per heavy atom. The highest BCUT2D eigenvalue weighted by Crippen LogP contribution is 2.34. The van der Waals surface area contributed by atoms with E-state index in [1.807, 2.05) is 13.8 Å². The first-order chi connectivity index (χ1) is 6.56. The standard InChI is InChI=1S/C11H22N2O/c1-4-5-8-6-9(8)13-11(14)10(12)7(2)3/h7-10H,4-6,12H2,1-3H3,(H,13,14)/t8?,9?,10-/m1/s1. The van der Waals surface area contributed by atoms with E-state index in [9.17, 15) is 4.79 Å². The fourth-order valence-corrected chi connectivity index (χ4v) is 1.70. The maximum Gasteiger partial charge on any atom is 0.237 e. The third-order valence-electron chi connectivity index (χ3n) is 2.93. The largest absolute Gasteiger partial charge is 0.352 e. The van der Waals surface area contributed by atoms with Crippen molar-refractivity contribution < 1.29 is 4.79 Å². The molecular formula is C11H22N2O. The molecule has 0 aromatic rings. The number of carbonyl (C=O) groups is 1. The van der Waals surface area contributed by atoms with Crippen LogP contribution in [0.25, 0.3) is 0 Å². The Morgan fingerprint density at radius 2 is 2.21 bits per heavy atom. The Bertz CT molecular complexity index is 203. The summed E-state index contributed by atoms with van der Waals surface area (Å²) in [5, 5.41) is 3.01. The molecule has 1 rings (SSSR count). The van der Waals surface area contributed by atoms with Gasteiger partial charge in [0.05, 0.1) is 6.04 Å². The molecule has 0 aromatic carbocycles. The average Bonchev–Trinajstić information content (AvgIpc) is 2.82. The van der Waals surface area contributed by atoms with Crippen molar-refractivity contribution in [3.63, 3.8) is 0 Å². The third kappa shape index (κ3) is 2.98. The van der Waals surface area contributed by atoms with Gasteiger partial charge in [-0.25, -0.2) is 0 Å². The van der Waals surface area contributed by atoms with Crippen LogP contribution >= 0.6 is 0 Å². The fourth-order valence-electron chi connectivity index (χ4n) is 1.70. The summed E-state index contributed by atoms with van der Waals surface area (Å²) in [6.07, 6.45) is 3.57. The summed E-state index contributed by atoms with van der Waals surface area (Å²) in [5.41, 5.74) is 5.74. The van der Waals surface area contributed by atoms with E-state index in [1.165, 1.54) is 12.8 Å². The summed E-state index contributed by atoms with van der Waals surface area (Å²) in [5.74, 6) is 0.949. The van der Waals surface area contributed by atoms with Crippen LogP contribution in [0.5, 0.6) is 0 Å². The van der Waals surface area contributed by atoms with Gasteiger partial charge in [-0.2, -0.15) is 0 Å². The van der Waals surface area contributed by atoms with Gasteiger partial charge < -0.3 is 11.1 Å². The number of rotatable bonds is 5. The monoisotopic (exact) mass is 198 g/mol. The first-order valence-corrected chi connectivity index (χ1v) is 5.62. The number of hydrogen-bond donors (Lipinski definition) is 2. The van der Waals surface area contributed by atoms with Crippen molar-refractivity contribution >= 4 is 5.91 Å². The van der Waals surface area contributed by atoms with Crippen LogP contribution in [0.3, 0.4) is 0 Å². The van der Waals surface area contributed by atoms with Crippen molar-refractivity contribution in [2.75, 3.05) is 0 Å². The molecule has 3 atom stereocenters. The molecule has 3 heteroatoms. The lowest BCUT2D eigenvalue weighted by Gasteiger charge is -2.15. The fraction of sp³-hybridized carbons (Fsp3) is 0.909. The number of hydrogen-bond acceptors (Lipinski definition) is 2. The van der Waals surface area contributed by atoms with Crippen molar-refractivity contribution in [1.29, 1.82) is 0 Å². The van der Waals surface area contributed by atoms with Gasteiger partial charge in [0.25, 0.3) is 0 Å². The van der Waals surface area contributed by atoms with Gasteiger partial charge in [-0.3, -0.25) is 4.79 Å². The molecule has 1 aliphatic carbocycles. The Kier molecular flexibility index (Phi) is 3.93. The molecule has 0 spiro atoms. The van der Waals surface area contributed by atoms with Crippen LogP contribution < -0.4 is 11.1 Å². The summed E-state index contributed by atoms with van der Waals surface area (Å²) in [7, 11) is 0. The van der Waals surface area contributed by atoms with Gasteiger partial charge in [0, 0.05) is 6.04 Å². The van der Waals surface area contributed by atoms with Crippen LogP contribution in [0.1, 0.15) is 40.0 Å². The van der Waals surface area contributed by atoms with Crippen LogP contribution in [0.4, 0.5) is 0 Å². The summed E-state index contributed by atoms with van der Waals surface area (Å²) >= 11 is 0. The first-order valence-electron chi connectivity index (χ1n) is 5.62. The molecule has 82 valence electrons. The predicted molar refractivity (Wildman–Crippen MR) is 57.8 cm³/mol. The lowest BCUT2D eigenvalue weighted by molar-refractivity contribution is -0.123. The number of nitrogens with one attached hydrogen (secondary N) is 1. The zero-order chi connectivity index (χ0) is 10.7. The second-order valence-electron chi connectivity index (χ2n) is 4.67. The van der Waals surface area contributed by atoms with Gasteiger partial charge in [-0.15, -0.1) is 0 Å². The van der Waals surface area contributed by atoms with Gasteiger partial charge in [-0.1, -0.05) is 27.2 Å². The Balaban J connectivity index is 2.23. The second-order valence-corrected chi connectivity index (χ2v) is 4.67. The summed E-state index contributed by atoms with van der Waals surface area (Å²) < 4.78 is 0. The highest BCUT2D eigenvalue weighted by Gasteiger charge is 2.38. The van der Waals surface area contributed by atoms with Gasteiger partial charge in [0.15, 0.2) is 0 Å². The van der Waals surface area contributed by atoms with Crippen LogP contribution in [0, 0.1) is 11.8 Å². The van der Waals surface area contributed by atoms with Gasteiger partial charge in [0.1, 0.15) is 0 Å². The van der Waals surface area contributed by atoms with Crippen LogP contribution in [-0.4, -0.2) is 18.0 Å². The van der Waals surface area contributed by atoms with Crippen LogP contribution in [0.15, 0.2) is 0 Å². The third-order valence-corrected chi connectivity index (χ3v) is 2.93. The minimum atomic E-state index is -0.349. The van der Waals surface area contributed by atoms with Crippen molar-refractivity contribution in [1.82, 2.24) is 5.32 Å². The zero-order valence-electron chi connectivity index (χ0n) is 9.42. The molecule has 1 amide bonds. The van der Waals surface area contributed by atoms with E-state index in [0.29, 0.717) is 12.0 Å².